The van der Waals surface area contributed by atoms with Crippen molar-refractivity contribution >= 4 is 21.9 Å². The molecule has 0 aliphatic heterocycles. The van der Waals surface area contributed by atoms with Gasteiger partial charge >= 0.3 is 5.97 Å². The molecule has 0 aliphatic rings. The lowest BCUT2D eigenvalue weighted by molar-refractivity contribution is 0.0594. The highest BCUT2D eigenvalue weighted by Gasteiger charge is 2.09. The third kappa shape index (κ3) is 2.18. The number of nitrogens with zero attached hydrogens (tertiary/aromatic N) is 1. The fourth-order valence-corrected chi connectivity index (χ4v) is 1.27. The first-order valence-corrected chi connectivity index (χ1v) is 4.26. The molecule has 0 amide bonds. The van der Waals surface area contributed by atoms with Crippen molar-refractivity contribution in [2.75, 3.05) is 14.2 Å². The Morgan fingerprint density at radius 3 is 2.69 bits per heavy atom. The van der Waals surface area contributed by atoms with Crippen LogP contribution in [0.25, 0.3) is 0 Å². The minimum absolute atomic E-state index is 0.246. The van der Waals surface area contributed by atoms with Gasteiger partial charge in [0.15, 0.2) is 5.75 Å². The molecular weight excluding hydrogens is 238 g/mol. The minimum Gasteiger partial charge on any atom is -0.494 e. The van der Waals surface area contributed by atoms with E-state index in [1.807, 2.05) is 0 Å². The molecule has 1 heterocycles. The van der Waals surface area contributed by atoms with E-state index in [-0.39, 0.29) is 5.69 Å². The fraction of sp³-hybridized carbons (Fsp3) is 0.250. The van der Waals surface area contributed by atoms with Crippen molar-refractivity contribution in [3.05, 3.63) is 22.4 Å². The number of ether oxygens (including phenoxy) is 2. The molecule has 0 spiro atoms. The second kappa shape index (κ2) is 4.23. The molecule has 0 unspecified atom stereocenters. The molecular formula is C8H8BrNO3. The Bertz CT molecular complexity index is 327. The van der Waals surface area contributed by atoms with Crippen LogP contribution in [0.1, 0.15) is 10.5 Å². The summed E-state index contributed by atoms with van der Waals surface area (Å²) < 4.78 is 10.1. The summed E-state index contributed by atoms with van der Waals surface area (Å²) in [5.74, 6) is 0.107. The van der Waals surface area contributed by atoms with Crippen molar-refractivity contribution in [3.63, 3.8) is 0 Å². The van der Waals surface area contributed by atoms with E-state index in [1.165, 1.54) is 20.4 Å². The molecule has 0 fully saturated rings. The predicted octanol–water partition coefficient (Wildman–Crippen LogP) is 1.64. The molecule has 0 saturated carbocycles. The number of hydrogen-bond donors (Lipinski definition) is 0. The molecule has 1 aromatic heterocycles. The minimum atomic E-state index is -0.469. The molecule has 0 N–H and O–H groups in total. The van der Waals surface area contributed by atoms with Crippen molar-refractivity contribution < 1.29 is 14.3 Å². The summed E-state index contributed by atoms with van der Waals surface area (Å²) in [4.78, 5) is 14.9. The summed E-state index contributed by atoms with van der Waals surface area (Å²) in [7, 11) is 2.84. The monoisotopic (exact) mass is 245 g/mol. The first-order valence-electron chi connectivity index (χ1n) is 3.47. The SMILES string of the molecule is COC(=O)c1cc(Br)c(OC)cn1. The number of pyridine rings is 1. The van der Waals surface area contributed by atoms with Crippen LogP contribution in [0.2, 0.25) is 0 Å². The molecule has 70 valence electrons. The van der Waals surface area contributed by atoms with E-state index in [2.05, 4.69) is 25.7 Å². The molecule has 4 nitrogen and oxygen atoms in total. The molecule has 13 heavy (non-hydrogen) atoms. The number of carbonyl (C=O) groups is 1. The Balaban J connectivity index is 3.02. The zero-order chi connectivity index (χ0) is 9.84. The Hall–Kier alpha value is -1.10. The van der Waals surface area contributed by atoms with Gasteiger partial charge in [0.05, 0.1) is 24.9 Å². The first-order chi connectivity index (χ1) is 6.19. The normalized spacial score (nSPS) is 9.46. The van der Waals surface area contributed by atoms with Gasteiger partial charge in [-0.25, -0.2) is 9.78 Å². The largest absolute Gasteiger partial charge is 0.494 e. The third-order valence-corrected chi connectivity index (χ3v) is 2.05. The van der Waals surface area contributed by atoms with Crippen LogP contribution in [0.3, 0.4) is 0 Å². The summed E-state index contributed by atoms with van der Waals surface area (Å²) in [5, 5.41) is 0. The van der Waals surface area contributed by atoms with Crippen LogP contribution in [0, 0.1) is 0 Å². The number of methoxy groups -OCH3 is 2. The average Bonchev–Trinajstić information content (AvgIpc) is 2.16. The predicted molar refractivity (Wildman–Crippen MR) is 49.8 cm³/mol. The molecule has 0 radical (unpaired) electrons. The highest BCUT2D eigenvalue weighted by atomic mass is 79.9. The summed E-state index contributed by atoms with van der Waals surface area (Å²) in [6.07, 6.45) is 1.45. The second-order valence-corrected chi connectivity index (χ2v) is 3.05. The summed E-state index contributed by atoms with van der Waals surface area (Å²) >= 11 is 3.23. The van der Waals surface area contributed by atoms with Gasteiger partial charge in [-0.1, -0.05) is 0 Å². The van der Waals surface area contributed by atoms with Gasteiger partial charge < -0.3 is 9.47 Å². The van der Waals surface area contributed by atoms with E-state index in [9.17, 15) is 4.79 Å². The van der Waals surface area contributed by atoms with Crippen LogP contribution < -0.4 is 4.74 Å². The zero-order valence-corrected chi connectivity index (χ0v) is 8.79. The van der Waals surface area contributed by atoms with Gasteiger partial charge in [-0.2, -0.15) is 0 Å². The van der Waals surface area contributed by atoms with Crippen LogP contribution in [0.15, 0.2) is 16.7 Å². The average molecular weight is 246 g/mol. The maximum absolute atomic E-state index is 11.0. The topological polar surface area (TPSA) is 48.4 Å². The van der Waals surface area contributed by atoms with Crippen molar-refractivity contribution in [1.29, 1.82) is 0 Å². The van der Waals surface area contributed by atoms with Crippen molar-refractivity contribution in [3.8, 4) is 5.75 Å². The molecule has 1 rings (SSSR count). The van der Waals surface area contributed by atoms with Crippen LogP contribution in [-0.4, -0.2) is 25.2 Å². The van der Waals surface area contributed by atoms with Gasteiger partial charge in [0.2, 0.25) is 0 Å². The zero-order valence-electron chi connectivity index (χ0n) is 7.20. The van der Waals surface area contributed by atoms with E-state index in [0.717, 1.165) is 0 Å². The van der Waals surface area contributed by atoms with Crippen LogP contribution in [0.5, 0.6) is 5.75 Å². The Labute approximate surface area is 84.0 Å². The number of halogens is 1. The Morgan fingerprint density at radius 2 is 2.23 bits per heavy atom. The number of aromatic nitrogens is 1. The number of carbonyl (C=O) groups excluding carboxylic acids is 1. The van der Waals surface area contributed by atoms with E-state index < -0.39 is 5.97 Å². The highest BCUT2D eigenvalue weighted by molar-refractivity contribution is 9.10. The summed E-state index contributed by atoms with van der Waals surface area (Å²) in [5.41, 5.74) is 0.246. The summed E-state index contributed by atoms with van der Waals surface area (Å²) in [6, 6.07) is 1.55. The standard InChI is InChI=1S/C8H8BrNO3/c1-12-7-4-10-6(3-5(7)9)8(11)13-2/h3-4H,1-2H3. The third-order valence-electron chi connectivity index (χ3n) is 1.43. The van der Waals surface area contributed by atoms with Gasteiger partial charge in [-0.3, -0.25) is 0 Å². The van der Waals surface area contributed by atoms with Crippen LogP contribution in [0.4, 0.5) is 0 Å². The molecule has 0 saturated heterocycles. The van der Waals surface area contributed by atoms with Crippen molar-refractivity contribution in [2.24, 2.45) is 0 Å². The molecule has 5 heteroatoms. The maximum Gasteiger partial charge on any atom is 0.356 e. The summed E-state index contributed by atoms with van der Waals surface area (Å²) in [6.45, 7) is 0. The van der Waals surface area contributed by atoms with Crippen LogP contribution in [-0.2, 0) is 4.74 Å². The van der Waals surface area contributed by atoms with Gasteiger partial charge in [0.1, 0.15) is 5.69 Å². The van der Waals surface area contributed by atoms with Crippen LogP contribution >= 0.6 is 15.9 Å². The lowest BCUT2D eigenvalue weighted by Gasteiger charge is -2.03. The molecule has 0 atom stereocenters. The highest BCUT2D eigenvalue weighted by Crippen LogP contribution is 2.23. The first kappa shape index (κ1) is 9.98. The fourth-order valence-electron chi connectivity index (χ4n) is 0.785. The van der Waals surface area contributed by atoms with E-state index in [4.69, 9.17) is 4.74 Å². The van der Waals surface area contributed by atoms with E-state index in [0.29, 0.717) is 10.2 Å². The second-order valence-electron chi connectivity index (χ2n) is 2.20. The van der Waals surface area contributed by atoms with Gasteiger partial charge in [0, 0.05) is 0 Å². The Morgan fingerprint density at radius 1 is 1.54 bits per heavy atom. The maximum atomic E-state index is 11.0. The number of hydrogen-bond acceptors (Lipinski definition) is 4. The quantitative estimate of drug-likeness (QED) is 0.744. The van der Waals surface area contributed by atoms with E-state index >= 15 is 0 Å². The smallest absolute Gasteiger partial charge is 0.356 e. The lowest BCUT2D eigenvalue weighted by atomic mass is 10.3. The van der Waals surface area contributed by atoms with Crippen molar-refractivity contribution in [1.82, 2.24) is 4.98 Å². The van der Waals surface area contributed by atoms with E-state index in [1.54, 1.807) is 6.07 Å². The number of rotatable bonds is 2. The molecule has 0 aromatic carbocycles. The molecule has 0 bridgehead atoms. The lowest BCUT2D eigenvalue weighted by Crippen LogP contribution is -2.04. The van der Waals surface area contributed by atoms with Gasteiger partial charge in [-0.05, 0) is 22.0 Å². The van der Waals surface area contributed by atoms with Gasteiger partial charge in [0.25, 0.3) is 0 Å². The number of esters is 1. The van der Waals surface area contributed by atoms with Crippen molar-refractivity contribution in [2.45, 2.75) is 0 Å². The van der Waals surface area contributed by atoms with Gasteiger partial charge in [-0.15, -0.1) is 0 Å². The molecule has 0 aliphatic carbocycles. The Kier molecular flexibility index (Phi) is 3.25. The molecule has 1 aromatic rings.